The van der Waals surface area contributed by atoms with Crippen LogP contribution in [0.15, 0.2) is 41.8 Å². The van der Waals surface area contributed by atoms with Crippen LogP contribution in [0.4, 0.5) is 13.2 Å². The first-order chi connectivity index (χ1) is 13.8. The van der Waals surface area contributed by atoms with Gasteiger partial charge in [0.05, 0.1) is 5.54 Å². The van der Waals surface area contributed by atoms with Crippen LogP contribution in [-0.4, -0.2) is 57.6 Å². The number of hydrogen-bond acceptors (Lipinski definition) is 5. The Hall–Kier alpha value is -2.88. The molecule has 2 aromatic heterocycles. The zero-order valence-corrected chi connectivity index (χ0v) is 15.8. The molecule has 0 radical (unpaired) electrons. The highest BCUT2D eigenvalue weighted by molar-refractivity contribution is 6.09. The van der Waals surface area contributed by atoms with Crippen LogP contribution in [0.2, 0.25) is 0 Å². The van der Waals surface area contributed by atoms with Crippen molar-refractivity contribution in [3.05, 3.63) is 42.4 Å². The minimum Gasteiger partial charge on any atom is -0.347 e. The number of rotatable bonds is 4. The van der Waals surface area contributed by atoms with Crippen molar-refractivity contribution in [1.82, 2.24) is 25.5 Å². The van der Waals surface area contributed by atoms with E-state index in [-0.39, 0.29) is 0 Å². The van der Waals surface area contributed by atoms with Crippen molar-refractivity contribution in [2.24, 2.45) is 4.99 Å². The van der Waals surface area contributed by atoms with Gasteiger partial charge in [-0.1, -0.05) is 0 Å². The molecule has 29 heavy (non-hydrogen) atoms. The van der Waals surface area contributed by atoms with E-state index in [4.69, 9.17) is 4.99 Å². The van der Waals surface area contributed by atoms with Gasteiger partial charge in [-0.15, -0.1) is 0 Å². The van der Waals surface area contributed by atoms with Gasteiger partial charge in [0.2, 0.25) is 5.91 Å². The van der Waals surface area contributed by atoms with Crippen LogP contribution in [0.3, 0.4) is 0 Å². The van der Waals surface area contributed by atoms with Gasteiger partial charge in [0.25, 0.3) is 0 Å². The van der Waals surface area contributed by atoms with Crippen molar-refractivity contribution < 1.29 is 18.0 Å². The number of hydrogen-bond donors (Lipinski definition) is 3. The quantitative estimate of drug-likeness (QED) is 0.727. The third kappa shape index (κ3) is 3.71. The number of likely N-dealkylation sites (tertiary alicyclic amines) is 1. The van der Waals surface area contributed by atoms with E-state index in [0.717, 1.165) is 16.6 Å². The van der Waals surface area contributed by atoms with E-state index in [9.17, 15) is 18.0 Å². The lowest BCUT2D eigenvalue weighted by Crippen LogP contribution is -2.57. The number of amidine groups is 1. The second kappa shape index (κ2) is 7.18. The number of fused-ring (bicyclic) bond motifs is 1. The van der Waals surface area contributed by atoms with Crippen LogP contribution < -0.4 is 10.6 Å². The van der Waals surface area contributed by atoms with Crippen molar-refractivity contribution >= 4 is 22.8 Å². The minimum atomic E-state index is -4.45. The highest BCUT2D eigenvalue weighted by atomic mass is 19.4. The molecule has 1 saturated heterocycles. The summed E-state index contributed by atoms with van der Waals surface area (Å²) in [6.07, 6.45) is 3.31. The molecule has 2 unspecified atom stereocenters. The Labute approximate surface area is 165 Å². The minimum absolute atomic E-state index is 0.461. The number of carbonyl (C=O) groups is 1. The lowest BCUT2D eigenvalue weighted by atomic mass is 9.97. The number of halogens is 3. The maximum absolute atomic E-state index is 12.6. The third-order valence-electron chi connectivity index (χ3n) is 5.41. The average Bonchev–Trinajstić information content (AvgIpc) is 3.30. The monoisotopic (exact) mass is 406 g/mol. The fourth-order valence-electron chi connectivity index (χ4n) is 3.92. The molecule has 2 atom stereocenters. The Morgan fingerprint density at radius 1 is 1.45 bits per heavy atom. The highest BCUT2D eigenvalue weighted by Gasteiger charge is 2.47. The van der Waals surface area contributed by atoms with Crippen LogP contribution >= 0.6 is 0 Å². The van der Waals surface area contributed by atoms with Gasteiger partial charge in [-0.3, -0.25) is 9.69 Å². The number of alkyl halides is 3. The number of amides is 1. The van der Waals surface area contributed by atoms with Crippen LogP contribution in [-0.2, 0) is 4.79 Å². The fourth-order valence-corrected chi connectivity index (χ4v) is 3.92. The Bertz CT molecular complexity index is 982. The van der Waals surface area contributed by atoms with Gasteiger partial charge in [0, 0.05) is 36.1 Å². The summed E-state index contributed by atoms with van der Waals surface area (Å²) >= 11 is 0. The molecule has 1 fully saturated rings. The molecule has 3 N–H and O–H groups in total. The molecule has 154 valence electrons. The third-order valence-corrected chi connectivity index (χ3v) is 5.41. The first-order valence-electron chi connectivity index (χ1n) is 9.33. The van der Waals surface area contributed by atoms with Crippen molar-refractivity contribution in [2.75, 3.05) is 13.1 Å². The molecule has 2 aromatic rings. The molecule has 1 amide bonds. The number of nitrogens with one attached hydrogen (secondary N) is 3. The highest BCUT2D eigenvalue weighted by Crippen LogP contribution is 2.33. The predicted molar refractivity (Wildman–Crippen MR) is 102 cm³/mol. The Balaban J connectivity index is 1.59. The normalized spacial score (nSPS) is 25.1. The largest absolute Gasteiger partial charge is 0.405 e. The van der Waals surface area contributed by atoms with Gasteiger partial charge < -0.3 is 15.6 Å². The molecule has 0 aromatic carbocycles. The summed E-state index contributed by atoms with van der Waals surface area (Å²) in [4.78, 5) is 26.5. The van der Waals surface area contributed by atoms with E-state index in [1.54, 1.807) is 31.6 Å². The number of pyridine rings is 1. The van der Waals surface area contributed by atoms with E-state index in [2.05, 4.69) is 15.3 Å². The second-order valence-electron chi connectivity index (χ2n) is 7.37. The molecule has 4 rings (SSSR count). The van der Waals surface area contributed by atoms with Gasteiger partial charge in [-0.05, 0) is 38.0 Å². The summed E-state index contributed by atoms with van der Waals surface area (Å²) in [6.45, 7) is 0.901. The lowest BCUT2D eigenvalue weighted by Gasteiger charge is -2.37. The summed E-state index contributed by atoms with van der Waals surface area (Å²) in [7, 11) is 0. The van der Waals surface area contributed by atoms with E-state index in [1.165, 1.54) is 0 Å². The smallest absolute Gasteiger partial charge is 0.347 e. The van der Waals surface area contributed by atoms with E-state index in [0.29, 0.717) is 25.2 Å². The Morgan fingerprint density at radius 2 is 2.28 bits per heavy atom. The second-order valence-corrected chi connectivity index (χ2v) is 7.37. The lowest BCUT2D eigenvalue weighted by molar-refractivity contribution is -0.145. The molecular weight excluding hydrogens is 385 g/mol. The maximum Gasteiger partial charge on any atom is 0.405 e. The first-order valence-corrected chi connectivity index (χ1v) is 9.33. The molecule has 0 saturated carbocycles. The summed E-state index contributed by atoms with van der Waals surface area (Å²) < 4.78 is 37.6. The molecule has 0 spiro atoms. The maximum atomic E-state index is 12.6. The van der Waals surface area contributed by atoms with Gasteiger partial charge in [-0.25, -0.2) is 9.98 Å². The molecule has 10 heteroatoms. The molecule has 4 heterocycles. The van der Waals surface area contributed by atoms with Gasteiger partial charge in [0.15, 0.2) is 0 Å². The fraction of sp³-hybridized carbons (Fsp3) is 0.421. The standard InChI is InChI=1S/C19H21F3N6O/c1-18(17(29)26-11-19(20,21)22)6-3-9-28(18)14-5-8-24-16(27-14)13-10-25-15-12(13)4-2-7-23-15/h2,4-5,7-8,10,14H,3,6,9,11H2,1H3,(H,23,25)(H,24,27)(H,26,29). The molecule has 2 aliphatic heterocycles. The van der Waals surface area contributed by atoms with Crippen LogP contribution in [0.25, 0.3) is 11.0 Å². The van der Waals surface area contributed by atoms with Gasteiger partial charge >= 0.3 is 6.18 Å². The van der Waals surface area contributed by atoms with Crippen LogP contribution in [0, 0.1) is 0 Å². The van der Waals surface area contributed by atoms with Gasteiger partial charge in [-0.2, -0.15) is 13.2 Å². The number of aromatic nitrogens is 2. The Kier molecular flexibility index (Phi) is 4.81. The number of carbonyl (C=O) groups excluding carboxylic acids is 1. The van der Waals surface area contributed by atoms with E-state index < -0.39 is 30.3 Å². The summed E-state index contributed by atoms with van der Waals surface area (Å²) in [5.41, 5.74) is 0.508. The van der Waals surface area contributed by atoms with Crippen LogP contribution in [0.5, 0.6) is 0 Å². The van der Waals surface area contributed by atoms with Crippen LogP contribution in [0.1, 0.15) is 25.3 Å². The summed E-state index contributed by atoms with van der Waals surface area (Å²) in [5.74, 6) is -0.0194. The topological polar surface area (TPSA) is 85.4 Å². The number of H-pyrrole nitrogens is 1. The molecule has 0 bridgehead atoms. The SMILES string of the molecule is CC1(C(=O)NCC(F)(F)F)CCCN1C1C=CNC(c2c[nH]c3ncccc23)=N1. The van der Waals surface area contributed by atoms with Crippen molar-refractivity contribution in [2.45, 2.75) is 37.6 Å². The van der Waals surface area contributed by atoms with E-state index in [1.807, 2.05) is 22.3 Å². The van der Waals surface area contributed by atoms with Crippen molar-refractivity contribution in [3.63, 3.8) is 0 Å². The molecule has 2 aliphatic rings. The number of nitrogens with zero attached hydrogens (tertiary/aromatic N) is 3. The zero-order valence-electron chi connectivity index (χ0n) is 15.8. The summed E-state index contributed by atoms with van der Waals surface area (Å²) in [5, 5.41) is 6.05. The predicted octanol–water partition coefficient (Wildman–Crippen LogP) is 2.29. The molecular formula is C19H21F3N6O. The zero-order chi connectivity index (χ0) is 20.6. The summed E-state index contributed by atoms with van der Waals surface area (Å²) in [6, 6.07) is 3.76. The first kappa shape index (κ1) is 19.4. The Morgan fingerprint density at radius 3 is 3.07 bits per heavy atom. The molecule has 0 aliphatic carbocycles. The number of aliphatic imine (C=N–C) groups is 1. The molecule has 7 nitrogen and oxygen atoms in total. The van der Waals surface area contributed by atoms with Crippen molar-refractivity contribution in [1.29, 1.82) is 0 Å². The van der Waals surface area contributed by atoms with E-state index >= 15 is 0 Å². The van der Waals surface area contributed by atoms with Crippen molar-refractivity contribution in [3.8, 4) is 0 Å². The average molecular weight is 406 g/mol. The van der Waals surface area contributed by atoms with Gasteiger partial charge in [0.1, 0.15) is 24.2 Å². The number of aromatic amines is 1.